The second-order valence-corrected chi connectivity index (χ2v) is 8.97. The standard InChI is InChI=1S/C24H29N5O2/c1-24(2,3)31-23(30)28-11-9-21(10-12-28)29-16-19(15-27-29)18-7-8-22(26-14-18)17-5-4-6-20(25)13-17/h4-8,13-16,21H,9-12,25H2,1-3H3. The van der Waals surface area contributed by atoms with Gasteiger partial charge in [0, 0.05) is 47.9 Å². The molecule has 1 fully saturated rings. The minimum Gasteiger partial charge on any atom is -0.444 e. The van der Waals surface area contributed by atoms with E-state index in [0.29, 0.717) is 13.1 Å². The van der Waals surface area contributed by atoms with E-state index in [1.165, 1.54) is 0 Å². The summed E-state index contributed by atoms with van der Waals surface area (Å²) >= 11 is 0. The van der Waals surface area contributed by atoms with Crippen molar-refractivity contribution in [3.63, 3.8) is 0 Å². The average Bonchev–Trinajstić information content (AvgIpc) is 3.23. The molecule has 0 spiro atoms. The third-order valence-corrected chi connectivity index (χ3v) is 5.37. The van der Waals surface area contributed by atoms with Gasteiger partial charge < -0.3 is 15.4 Å². The van der Waals surface area contributed by atoms with Gasteiger partial charge in [0.2, 0.25) is 0 Å². The Labute approximate surface area is 182 Å². The van der Waals surface area contributed by atoms with Gasteiger partial charge in [-0.3, -0.25) is 9.67 Å². The highest BCUT2D eigenvalue weighted by atomic mass is 16.6. The van der Waals surface area contributed by atoms with E-state index in [4.69, 9.17) is 10.5 Å². The summed E-state index contributed by atoms with van der Waals surface area (Å²) < 4.78 is 7.49. The number of hydrogen-bond donors (Lipinski definition) is 1. The Morgan fingerprint density at radius 3 is 2.48 bits per heavy atom. The van der Waals surface area contributed by atoms with Crippen molar-refractivity contribution in [2.45, 2.75) is 45.3 Å². The second-order valence-electron chi connectivity index (χ2n) is 8.97. The third-order valence-electron chi connectivity index (χ3n) is 5.37. The molecule has 0 atom stereocenters. The van der Waals surface area contributed by atoms with Crippen LogP contribution in [0.25, 0.3) is 22.4 Å². The van der Waals surface area contributed by atoms with Crippen LogP contribution in [0.5, 0.6) is 0 Å². The molecule has 162 valence electrons. The largest absolute Gasteiger partial charge is 0.444 e. The number of nitrogen functional groups attached to an aromatic ring is 1. The van der Waals surface area contributed by atoms with Crippen molar-refractivity contribution in [1.82, 2.24) is 19.7 Å². The molecule has 0 unspecified atom stereocenters. The van der Waals surface area contributed by atoms with Crippen molar-refractivity contribution in [1.29, 1.82) is 0 Å². The first-order valence-electron chi connectivity index (χ1n) is 10.6. The number of ether oxygens (including phenoxy) is 1. The Morgan fingerprint density at radius 1 is 1.06 bits per heavy atom. The number of benzene rings is 1. The topological polar surface area (TPSA) is 86.3 Å². The smallest absolute Gasteiger partial charge is 0.410 e. The molecule has 1 aromatic carbocycles. The number of anilines is 1. The molecule has 1 aliphatic heterocycles. The first kappa shape index (κ1) is 20.9. The number of aromatic nitrogens is 3. The molecule has 1 saturated heterocycles. The number of pyridine rings is 1. The van der Waals surface area contributed by atoms with Crippen LogP contribution in [-0.2, 0) is 4.74 Å². The highest BCUT2D eigenvalue weighted by molar-refractivity contribution is 5.69. The van der Waals surface area contributed by atoms with E-state index in [0.717, 1.165) is 40.9 Å². The molecule has 0 radical (unpaired) electrons. The van der Waals surface area contributed by atoms with E-state index >= 15 is 0 Å². The van der Waals surface area contributed by atoms with Gasteiger partial charge in [0.15, 0.2) is 0 Å². The van der Waals surface area contributed by atoms with Crippen LogP contribution in [0.1, 0.15) is 39.7 Å². The van der Waals surface area contributed by atoms with E-state index in [1.807, 2.05) is 68.2 Å². The summed E-state index contributed by atoms with van der Waals surface area (Å²) in [5, 5.41) is 4.58. The number of likely N-dealkylation sites (tertiary alicyclic amines) is 1. The minimum atomic E-state index is -0.471. The zero-order valence-corrected chi connectivity index (χ0v) is 18.3. The van der Waals surface area contributed by atoms with Gasteiger partial charge in [0.05, 0.1) is 17.9 Å². The fourth-order valence-corrected chi connectivity index (χ4v) is 3.76. The average molecular weight is 420 g/mol. The molecule has 2 aromatic heterocycles. The van der Waals surface area contributed by atoms with Crippen LogP contribution in [0.4, 0.5) is 10.5 Å². The predicted molar refractivity (Wildman–Crippen MR) is 121 cm³/mol. The lowest BCUT2D eigenvalue weighted by atomic mass is 10.1. The van der Waals surface area contributed by atoms with E-state index in [-0.39, 0.29) is 12.1 Å². The highest BCUT2D eigenvalue weighted by Crippen LogP contribution is 2.27. The van der Waals surface area contributed by atoms with Crippen LogP contribution < -0.4 is 5.73 Å². The third kappa shape index (κ3) is 5.05. The number of nitrogens with two attached hydrogens (primary N) is 1. The van der Waals surface area contributed by atoms with E-state index in [9.17, 15) is 4.79 Å². The summed E-state index contributed by atoms with van der Waals surface area (Å²) in [5.41, 5.74) is 10.1. The molecule has 3 heterocycles. The van der Waals surface area contributed by atoms with Crippen molar-refractivity contribution < 1.29 is 9.53 Å². The molecule has 0 aliphatic carbocycles. The maximum Gasteiger partial charge on any atom is 0.410 e. The van der Waals surface area contributed by atoms with Crippen LogP contribution in [0.2, 0.25) is 0 Å². The summed E-state index contributed by atoms with van der Waals surface area (Å²) in [5.74, 6) is 0. The molecule has 1 aliphatic rings. The molecular formula is C24H29N5O2. The summed E-state index contributed by atoms with van der Waals surface area (Å²) in [4.78, 5) is 18.6. The Morgan fingerprint density at radius 2 is 1.84 bits per heavy atom. The van der Waals surface area contributed by atoms with Gasteiger partial charge in [-0.2, -0.15) is 5.10 Å². The Bertz CT molecular complexity index is 1040. The van der Waals surface area contributed by atoms with E-state index < -0.39 is 5.60 Å². The van der Waals surface area contributed by atoms with Crippen molar-refractivity contribution in [2.75, 3.05) is 18.8 Å². The lowest BCUT2D eigenvalue weighted by Crippen LogP contribution is -2.42. The van der Waals surface area contributed by atoms with E-state index in [2.05, 4.69) is 22.3 Å². The Kier molecular flexibility index (Phi) is 5.67. The van der Waals surface area contributed by atoms with Crippen LogP contribution >= 0.6 is 0 Å². The van der Waals surface area contributed by atoms with Crippen LogP contribution in [-0.4, -0.2) is 44.4 Å². The first-order chi connectivity index (χ1) is 14.8. The van der Waals surface area contributed by atoms with Crippen molar-refractivity contribution in [3.8, 4) is 22.4 Å². The zero-order valence-electron chi connectivity index (χ0n) is 18.3. The maximum absolute atomic E-state index is 12.3. The van der Waals surface area contributed by atoms with Crippen LogP contribution in [0.3, 0.4) is 0 Å². The molecule has 1 amide bonds. The Hall–Kier alpha value is -3.35. The highest BCUT2D eigenvalue weighted by Gasteiger charge is 2.27. The number of piperidine rings is 1. The summed E-state index contributed by atoms with van der Waals surface area (Å²) in [6.07, 6.45) is 7.27. The molecule has 7 nitrogen and oxygen atoms in total. The fourth-order valence-electron chi connectivity index (χ4n) is 3.76. The lowest BCUT2D eigenvalue weighted by Gasteiger charge is -2.33. The molecule has 31 heavy (non-hydrogen) atoms. The van der Waals surface area contributed by atoms with E-state index in [1.54, 1.807) is 4.90 Å². The zero-order chi connectivity index (χ0) is 22.0. The van der Waals surface area contributed by atoms with Gasteiger partial charge in [0.1, 0.15) is 5.60 Å². The van der Waals surface area contributed by atoms with Crippen molar-refractivity contribution in [3.05, 3.63) is 55.0 Å². The summed E-state index contributed by atoms with van der Waals surface area (Å²) in [6.45, 7) is 7.01. The summed E-state index contributed by atoms with van der Waals surface area (Å²) in [6, 6.07) is 12.0. The van der Waals surface area contributed by atoms with Crippen molar-refractivity contribution in [2.24, 2.45) is 0 Å². The van der Waals surface area contributed by atoms with Crippen LogP contribution in [0.15, 0.2) is 55.0 Å². The second kappa shape index (κ2) is 8.41. The normalized spacial score (nSPS) is 15.1. The predicted octanol–water partition coefficient (Wildman–Crippen LogP) is 4.77. The first-order valence-corrected chi connectivity index (χ1v) is 10.6. The van der Waals surface area contributed by atoms with Gasteiger partial charge in [-0.05, 0) is 51.8 Å². The molecular weight excluding hydrogens is 390 g/mol. The maximum atomic E-state index is 12.3. The van der Waals surface area contributed by atoms with Crippen LogP contribution in [0, 0.1) is 0 Å². The lowest BCUT2D eigenvalue weighted by molar-refractivity contribution is 0.0185. The summed E-state index contributed by atoms with van der Waals surface area (Å²) in [7, 11) is 0. The molecule has 4 rings (SSSR count). The number of rotatable bonds is 3. The molecule has 3 aromatic rings. The number of nitrogens with zero attached hydrogens (tertiary/aromatic N) is 4. The molecule has 0 bridgehead atoms. The molecule has 7 heteroatoms. The Balaban J connectivity index is 1.39. The van der Waals surface area contributed by atoms with Gasteiger partial charge in [-0.25, -0.2) is 4.79 Å². The van der Waals surface area contributed by atoms with Gasteiger partial charge in [0.25, 0.3) is 0 Å². The van der Waals surface area contributed by atoms with Gasteiger partial charge in [-0.1, -0.05) is 18.2 Å². The molecule has 0 saturated carbocycles. The SMILES string of the molecule is CC(C)(C)OC(=O)N1CCC(n2cc(-c3ccc(-c4cccc(N)c4)nc3)cn2)CC1. The molecule has 2 N–H and O–H groups in total. The number of hydrogen-bond acceptors (Lipinski definition) is 5. The van der Waals surface area contributed by atoms with Crippen molar-refractivity contribution >= 4 is 11.8 Å². The monoisotopic (exact) mass is 419 g/mol. The fraction of sp³-hybridized carbons (Fsp3) is 0.375. The number of carbonyl (C=O) groups excluding carboxylic acids is 1. The minimum absolute atomic E-state index is 0.238. The van der Waals surface area contributed by atoms with Gasteiger partial charge >= 0.3 is 6.09 Å². The van der Waals surface area contributed by atoms with Gasteiger partial charge in [-0.15, -0.1) is 0 Å². The quantitative estimate of drug-likeness (QED) is 0.618. The number of amides is 1. The number of carbonyl (C=O) groups is 1.